The Morgan fingerprint density at radius 1 is 1.71 bits per heavy atom. The molecule has 1 amide bonds. The maximum absolute atomic E-state index is 11.1. The van der Waals surface area contributed by atoms with Crippen LogP contribution in [0, 0.1) is 5.92 Å². The Bertz CT molecular complexity index is 346. The molecular formula is C9H14N4O. The quantitative estimate of drug-likeness (QED) is 0.648. The summed E-state index contributed by atoms with van der Waals surface area (Å²) < 4.78 is 1.88. The smallest absolute Gasteiger partial charge is 0.222 e. The van der Waals surface area contributed by atoms with Crippen molar-refractivity contribution in [3.05, 3.63) is 18.2 Å². The summed E-state index contributed by atoms with van der Waals surface area (Å²) in [4.78, 5) is 15.4. The summed E-state index contributed by atoms with van der Waals surface area (Å²) in [6, 6.07) is 0. The van der Waals surface area contributed by atoms with Crippen LogP contribution in [0.25, 0.3) is 0 Å². The molecule has 5 nitrogen and oxygen atoms in total. The number of amides is 1. The normalized spacial score (nSPS) is 26.6. The number of carbonyl (C=O) groups excluding carboxylic acids is 1. The van der Waals surface area contributed by atoms with Crippen molar-refractivity contribution in [1.82, 2.24) is 14.9 Å². The molecule has 3 N–H and O–H groups in total. The van der Waals surface area contributed by atoms with E-state index in [1.165, 1.54) is 0 Å². The minimum absolute atomic E-state index is 0.120. The molecule has 1 aromatic heterocycles. The van der Waals surface area contributed by atoms with Gasteiger partial charge in [-0.25, -0.2) is 4.98 Å². The number of nitrogens with zero attached hydrogens (tertiary/aromatic N) is 2. The molecule has 0 aliphatic carbocycles. The first-order valence-corrected chi connectivity index (χ1v) is 4.66. The van der Waals surface area contributed by atoms with E-state index in [2.05, 4.69) is 10.3 Å². The third-order valence-corrected chi connectivity index (χ3v) is 2.68. The van der Waals surface area contributed by atoms with Gasteiger partial charge in [-0.15, -0.1) is 0 Å². The van der Waals surface area contributed by atoms with Gasteiger partial charge >= 0.3 is 0 Å². The van der Waals surface area contributed by atoms with E-state index >= 15 is 0 Å². The average molecular weight is 194 g/mol. The second kappa shape index (κ2) is 3.42. The van der Waals surface area contributed by atoms with Crippen molar-refractivity contribution in [1.29, 1.82) is 0 Å². The molecular weight excluding hydrogens is 180 g/mol. The van der Waals surface area contributed by atoms with Gasteiger partial charge in [-0.05, 0) is 0 Å². The third kappa shape index (κ3) is 1.50. The monoisotopic (exact) mass is 194 g/mol. The van der Waals surface area contributed by atoms with Crippen molar-refractivity contribution in [3.63, 3.8) is 0 Å². The lowest BCUT2D eigenvalue weighted by atomic mass is 9.93. The lowest BCUT2D eigenvalue weighted by Gasteiger charge is -2.12. The minimum Gasteiger partial charge on any atom is -0.369 e. The molecule has 1 aliphatic heterocycles. The van der Waals surface area contributed by atoms with E-state index in [1.807, 2.05) is 17.8 Å². The van der Waals surface area contributed by atoms with Crippen molar-refractivity contribution >= 4 is 5.91 Å². The van der Waals surface area contributed by atoms with E-state index in [0.29, 0.717) is 6.54 Å². The van der Waals surface area contributed by atoms with Crippen LogP contribution < -0.4 is 11.1 Å². The molecule has 1 aliphatic rings. The van der Waals surface area contributed by atoms with Crippen molar-refractivity contribution < 1.29 is 4.79 Å². The van der Waals surface area contributed by atoms with Gasteiger partial charge in [0, 0.05) is 32.3 Å². The minimum atomic E-state index is -0.245. The van der Waals surface area contributed by atoms with E-state index < -0.39 is 0 Å². The van der Waals surface area contributed by atoms with Gasteiger partial charge in [0.25, 0.3) is 0 Å². The number of hydrogen-bond acceptors (Lipinski definition) is 3. The molecule has 14 heavy (non-hydrogen) atoms. The summed E-state index contributed by atoms with van der Waals surface area (Å²) in [7, 11) is 1.91. The number of nitrogens with two attached hydrogens (primary N) is 1. The second-order valence-electron chi connectivity index (χ2n) is 3.74. The van der Waals surface area contributed by atoms with Gasteiger partial charge in [-0.2, -0.15) is 0 Å². The Morgan fingerprint density at radius 3 is 3.07 bits per heavy atom. The average Bonchev–Trinajstić information content (AvgIpc) is 2.70. The van der Waals surface area contributed by atoms with Gasteiger partial charge in [0.05, 0.1) is 17.9 Å². The molecule has 2 atom stereocenters. The number of primary amides is 1. The number of nitrogens with one attached hydrogen (secondary N) is 1. The van der Waals surface area contributed by atoms with Crippen molar-refractivity contribution in [2.45, 2.75) is 5.92 Å². The third-order valence-electron chi connectivity index (χ3n) is 2.68. The fourth-order valence-electron chi connectivity index (χ4n) is 1.91. The van der Waals surface area contributed by atoms with E-state index in [0.717, 1.165) is 12.2 Å². The van der Waals surface area contributed by atoms with Crippen LogP contribution in [0.3, 0.4) is 0 Å². The molecule has 0 unspecified atom stereocenters. The number of imidazole rings is 1. The first kappa shape index (κ1) is 9.21. The first-order valence-electron chi connectivity index (χ1n) is 4.66. The molecule has 0 radical (unpaired) electrons. The van der Waals surface area contributed by atoms with E-state index in [4.69, 9.17) is 5.73 Å². The SMILES string of the molecule is Cn1cnc([C@@H]2CNC[C@H]2C(N)=O)c1. The van der Waals surface area contributed by atoms with Crippen LogP contribution in [0.4, 0.5) is 0 Å². The molecule has 0 spiro atoms. The number of aromatic nitrogens is 2. The van der Waals surface area contributed by atoms with Gasteiger partial charge < -0.3 is 15.6 Å². The van der Waals surface area contributed by atoms with Gasteiger partial charge in [0.1, 0.15) is 0 Å². The summed E-state index contributed by atoms with van der Waals surface area (Å²) in [5.74, 6) is -0.232. The molecule has 0 saturated carbocycles. The van der Waals surface area contributed by atoms with Crippen LogP contribution in [0.15, 0.2) is 12.5 Å². The number of hydrogen-bond donors (Lipinski definition) is 2. The standard InChI is InChI=1S/C9H14N4O/c1-13-4-8(12-5-13)6-2-11-3-7(6)9(10)14/h4-7,11H,2-3H2,1H3,(H2,10,14)/t6-,7-/m1/s1. The zero-order valence-electron chi connectivity index (χ0n) is 8.10. The Balaban J connectivity index is 2.21. The maximum Gasteiger partial charge on any atom is 0.222 e. The molecule has 0 aromatic carbocycles. The highest BCUT2D eigenvalue weighted by Crippen LogP contribution is 2.26. The molecule has 1 aromatic rings. The van der Waals surface area contributed by atoms with Crippen LogP contribution in [0.2, 0.25) is 0 Å². The van der Waals surface area contributed by atoms with Crippen molar-refractivity contribution in [3.8, 4) is 0 Å². The number of rotatable bonds is 2. The fourth-order valence-corrected chi connectivity index (χ4v) is 1.91. The van der Waals surface area contributed by atoms with Crippen LogP contribution >= 0.6 is 0 Å². The summed E-state index contributed by atoms with van der Waals surface area (Å²) in [6.07, 6.45) is 3.68. The molecule has 76 valence electrons. The van der Waals surface area contributed by atoms with Gasteiger partial charge in [-0.3, -0.25) is 4.79 Å². The molecule has 2 rings (SSSR count). The maximum atomic E-state index is 11.1. The first-order chi connectivity index (χ1) is 6.68. The second-order valence-corrected chi connectivity index (χ2v) is 3.74. The van der Waals surface area contributed by atoms with Crippen LogP contribution in [-0.4, -0.2) is 28.5 Å². The van der Waals surface area contributed by atoms with E-state index in [9.17, 15) is 4.79 Å². The lowest BCUT2D eigenvalue weighted by Crippen LogP contribution is -2.28. The zero-order chi connectivity index (χ0) is 10.1. The highest BCUT2D eigenvalue weighted by atomic mass is 16.1. The predicted molar refractivity (Wildman–Crippen MR) is 51.5 cm³/mol. The lowest BCUT2D eigenvalue weighted by molar-refractivity contribution is -0.121. The van der Waals surface area contributed by atoms with Crippen LogP contribution in [0.5, 0.6) is 0 Å². The number of aryl methyl sites for hydroxylation is 1. The number of carbonyl (C=O) groups is 1. The Kier molecular flexibility index (Phi) is 2.25. The van der Waals surface area contributed by atoms with E-state index in [1.54, 1.807) is 6.33 Å². The summed E-state index contributed by atoms with van der Waals surface area (Å²) in [5.41, 5.74) is 6.26. The van der Waals surface area contributed by atoms with Gasteiger partial charge in [0.2, 0.25) is 5.91 Å². The topological polar surface area (TPSA) is 72.9 Å². The van der Waals surface area contributed by atoms with Gasteiger partial charge in [0.15, 0.2) is 0 Å². The fraction of sp³-hybridized carbons (Fsp3) is 0.556. The molecule has 2 heterocycles. The van der Waals surface area contributed by atoms with Crippen molar-refractivity contribution in [2.75, 3.05) is 13.1 Å². The Morgan fingerprint density at radius 2 is 2.50 bits per heavy atom. The Hall–Kier alpha value is -1.36. The van der Waals surface area contributed by atoms with Crippen molar-refractivity contribution in [2.24, 2.45) is 18.7 Å². The highest BCUT2D eigenvalue weighted by Gasteiger charge is 2.33. The molecule has 0 bridgehead atoms. The summed E-state index contributed by atoms with van der Waals surface area (Å²) >= 11 is 0. The van der Waals surface area contributed by atoms with Crippen LogP contribution in [-0.2, 0) is 11.8 Å². The largest absolute Gasteiger partial charge is 0.369 e. The predicted octanol–water partition coefficient (Wildman–Crippen LogP) is -0.792. The summed E-state index contributed by atoms with van der Waals surface area (Å²) in [5, 5.41) is 3.16. The Labute approximate surface area is 82.3 Å². The van der Waals surface area contributed by atoms with Gasteiger partial charge in [-0.1, -0.05) is 0 Å². The highest BCUT2D eigenvalue weighted by molar-refractivity contribution is 5.78. The van der Waals surface area contributed by atoms with Crippen LogP contribution in [0.1, 0.15) is 11.6 Å². The molecule has 5 heteroatoms. The molecule has 1 saturated heterocycles. The zero-order valence-corrected chi connectivity index (χ0v) is 8.10. The molecule has 1 fully saturated rings. The summed E-state index contributed by atoms with van der Waals surface area (Å²) in [6.45, 7) is 1.45. The van der Waals surface area contributed by atoms with E-state index in [-0.39, 0.29) is 17.7 Å².